The molecule has 0 radical (unpaired) electrons. The van der Waals surface area contributed by atoms with E-state index < -0.39 is 10.0 Å². The van der Waals surface area contributed by atoms with Crippen LogP contribution in [-0.2, 0) is 10.0 Å². The van der Waals surface area contributed by atoms with Crippen LogP contribution < -0.4 is 3.71 Å². The van der Waals surface area contributed by atoms with Crippen LogP contribution in [0.25, 0.3) is 21.0 Å². The van der Waals surface area contributed by atoms with Crippen LogP contribution in [0.15, 0.2) is 71.1 Å². The van der Waals surface area contributed by atoms with Crippen LogP contribution in [0.4, 0.5) is 5.69 Å². The number of thiazole rings is 1. The highest BCUT2D eigenvalue weighted by Gasteiger charge is 2.30. The predicted octanol–water partition coefficient (Wildman–Crippen LogP) is 9.21. The van der Waals surface area contributed by atoms with Gasteiger partial charge in [-0.25, -0.2) is 8.69 Å². The third-order valence-electron chi connectivity index (χ3n) is 6.38. The molecule has 36 heavy (non-hydrogen) atoms. The Balaban J connectivity index is 1.45. The van der Waals surface area contributed by atoms with Gasteiger partial charge in [-0.3, -0.25) is 0 Å². The lowest BCUT2D eigenvalue weighted by Gasteiger charge is -2.23. The Morgan fingerprint density at radius 3 is 2.17 bits per heavy atom. The van der Waals surface area contributed by atoms with Crippen LogP contribution >= 0.6 is 23.3 Å². The van der Waals surface area contributed by atoms with Crippen molar-refractivity contribution in [1.82, 2.24) is 4.98 Å². The second-order valence-corrected chi connectivity index (χ2v) is 13.4. The Hall–Kier alpha value is -2.09. The molecule has 192 valence electrons. The summed E-state index contributed by atoms with van der Waals surface area (Å²) in [6.07, 6.45) is 12.6. The fourth-order valence-corrected chi connectivity index (χ4v) is 8.72. The second kappa shape index (κ2) is 13.5. The fourth-order valence-electron chi connectivity index (χ4n) is 4.41. The molecule has 0 fully saturated rings. The minimum atomic E-state index is -3.82. The lowest BCUT2D eigenvalue weighted by Crippen LogP contribution is -2.25. The van der Waals surface area contributed by atoms with E-state index in [4.69, 9.17) is 0 Å². The second-order valence-electron chi connectivity index (χ2n) is 9.19. The first-order chi connectivity index (χ1) is 17.6. The molecular formula is C29H36N2O2S3. The zero-order chi connectivity index (χ0) is 25.2. The van der Waals surface area contributed by atoms with Crippen molar-refractivity contribution in [2.45, 2.75) is 75.5 Å². The maximum absolute atomic E-state index is 13.9. The molecule has 4 nitrogen and oxygen atoms in total. The van der Waals surface area contributed by atoms with Crippen molar-refractivity contribution < 1.29 is 8.42 Å². The van der Waals surface area contributed by atoms with Gasteiger partial charge in [0.25, 0.3) is 0 Å². The average molecular weight is 541 g/mol. The van der Waals surface area contributed by atoms with E-state index in [2.05, 4.69) is 11.9 Å². The Bertz CT molecular complexity index is 1310. The van der Waals surface area contributed by atoms with Crippen LogP contribution in [0.3, 0.4) is 0 Å². The minimum absolute atomic E-state index is 0.146. The van der Waals surface area contributed by atoms with Crippen molar-refractivity contribution >= 4 is 60.0 Å². The molecular weight excluding hydrogens is 505 g/mol. The van der Waals surface area contributed by atoms with Gasteiger partial charge in [-0.05, 0) is 42.0 Å². The number of para-hydroxylation sites is 1. The molecule has 0 spiro atoms. The number of fused-ring (bicyclic) bond motifs is 2. The maximum atomic E-state index is 13.9. The highest BCUT2D eigenvalue weighted by molar-refractivity contribution is 8.15. The third-order valence-corrected chi connectivity index (χ3v) is 11.1. The highest BCUT2D eigenvalue weighted by atomic mass is 32.3. The van der Waals surface area contributed by atoms with E-state index in [1.807, 2.05) is 66.7 Å². The molecule has 0 saturated heterocycles. The van der Waals surface area contributed by atoms with Crippen molar-refractivity contribution in [3.8, 4) is 0 Å². The molecule has 0 aliphatic heterocycles. The lowest BCUT2D eigenvalue weighted by atomic mass is 10.1. The fraction of sp³-hybridized carbons (Fsp3) is 0.414. The average Bonchev–Trinajstić information content (AvgIpc) is 3.35. The summed E-state index contributed by atoms with van der Waals surface area (Å²) in [5, 5.41) is 1.96. The molecule has 4 rings (SSSR count). The van der Waals surface area contributed by atoms with Gasteiger partial charge < -0.3 is 0 Å². The van der Waals surface area contributed by atoms with Crippen molar-refractivity contribution in [1.29, 1.82) is 0 Å². The van der Waals surface area contributed by atoms with Crippen LogP contribution in [0.1, 0.15) is 71.1 Å². The van der Waals surface area contributed by atoms with Gasteiger partial charge in [0.1, 0.15) is 0 Å². The molecule has 1 aromatic heterocycles. The highest BCUT2D eigenvalue weighted by Crippen LogP contribution is 2.38. The number of anilines is 1. The van der Waals surface area contributed by atoms with E-state index in [9.17, 15) is 8.42 Å². The summed E-state index contributed by atoms with van der Waals surface area (Å²) in [4.78, 5) is 4.49. The summed E-state index contributed by atoms with van der Waals surface area (Å²) >= 11 is 2.63. The standard InChI is InChI=1S/C29H36N2O2S3/c1-2-3-4-5-6-7-8-9-10-15-23-34-31(27-21-16-18-24-17-11-12-19-25(24)27)36(32,33)29-30-26-20-13-14-22-28(26)35-29/h11-14,16-22H,2-10,15,23H2,1H3. The Kier molecular flexibility index (Phi) is 10.1. The van der Waals surface area contributed by atoms with E-state index in [1.54, 1.807) is 0 Å². The largest absolute Gasteiger partial charge is 0.301 e. The molecule has 0 aliphatic carbocycles. The number of benzene rings is 3. The maximum Gasteiger partial charge on any atom is 0.301 e. The summed E-state index contributed by atoms with van der Waals surface area (Å²) in [5.74, 6) is 0.754. The molecule has 3 aromatic carbocycles. The van der Waals surface area contributed by atoms with E-state index >= 15 is 0 Å². The molecule has 4 aromatic rings. The Morgan fingerprint density at radius 2 is 1.42 bits per heavy atom. The summed E-state index contributed by atoms with van der Waals surface area (Å²) in [7, 11) is -3.82. The molecule has 0 atom stereocenters. The Labute approximate surface area is 224 Å². The zero-order valence-electron chi connectivity index (χ0n) is 21.1. The molecule has 0 amide bonds. The van der Waals surface area contributed by atoms with Crippen molar-refractivity contribution in [2.75, 3.05) is 9.46 Å². The van der Waals surface area contributed by atoms with E-state index in [0.29, 0.717) is 5.69 Å². The summed E-state index contributed by atoms with van der Waals surface area (Å²) in [6, 6.07) is 21.4. The quantitative estimate of drug-likeness (QED) is 0.111. The van der Waals surface area contributed by atoms with Gasteiger partial charge in [0.15, 0.2) is 0 Å². The molecule has 7 heteroatoms. The van der Waals surface area contributed by atoms with Gasteiger partial charge in [0.2, 0.25) is 4.34 Å². The van der Waals surface area contributed by atoms with E-state index in [0.717, 1.165) is 39.6 Å². The van der Waals surface area contributed by atoms with Crippen molar-refractivity contribution in [3.05, 3.63) is 66.7 Å². The van der Waals surface area contributed by atoms with Gasteiger partial charge in [-0.15, -0.1) is 11.3 Å². The predicted molar refractivity (Wildman–Crippen MR) is 158 cm³/mol. The van der Waals surface area contributed by atoms with Gasteiger partial charge in [0.05, 0.1) is 15.9 Å². The molecule has 0 bridgehead atoms. The summed E-state index contributed by atoms with van der Waals surface area (Å²) in [6.45, 7) is 2.25. The SMILES string of the molecule is CCCCCCCCCCCCSN(c1cccc2ccccc12)S(=O)(=O)c1nc2ccccc2s1. The summed E-state index contributed by atoms with van der Waals surface area (Å²) in [5.41, 5.74) is 1.42. The van der Waals surface area contributed by atoms with Crippen molar-refractivity contribution in [2.24, 2.45) is 0 Å². The van der Waals surface area contributed by atoms with Gasteiger partial charge in [-0.2, -0.15) is 8.42 Å². The van der Waals surface area contributed by atoms with Crippen LogP contribution in [-0.4, -0.2) is 19.2 Å². The van der Waals surface area contributed by atoms with Crippen LogP contribution in [0.2, 0.25) is 0 Å². The lowest BCUT2D eigenvalue weighted by molar-refractivity contribution is 0.563. The topological polar surface area (TPSA) is 50.3 Å². The van der Waals surface area contributed by atoms with Crippen molar-refractivity contribution in [3.63, 3.8) is 0 Å². The van der Waals surface area contributed by atoms with E-state index in [1.165, 1.54) is 78.4 Å². The zero-order valence-corrected chi connectivity index (χ0v) is 23.5. The molecule has 0 unspecified atom stereocenters. The van der Waals surface area contributed by atoms with Gasteiger partial charge in [-0.1, -0.05) is 113 Å². The first-order valence-corrected chi connectivity index (χ1v) is 16.3. The minimum Gasteiger partial charge on any atom is -0.223 e. The van der Waals surface area contributed by atoms with Crippen LogP contribution in [0.5, 0.6) is 0 Å². The third kappa shape index (κ3) is 6.81. The number of hydrogen-bond acceptors (Lipinski definition) is 5. The number of nitrogens with zero attached hydrogens (tertiary/aromatic N) is 2. The smallest absolute Gasteiger partial charge is 0.223 e. The molecule has 0 N–H and O–H groups in total. The number of sulfonamides is 1. The van der Waals surface area contributed by atoms with E-state index in [-0.39, 0.29) is 4.34 Å². The molecule has 1 heterocycles. The summed E-state index contributed by atoms with van der Waals surface area (Å²) < 4.78 is 30.4. The Morgan fingerprint density at radius 1 is 0.778 bits per heavy atom. The molecule has 0 saturated carbocycles. The number of rotatable bonds is 15. The number of aromatic nitrogens is 1. The van der Waals surface area contributed by atoms with Crippen LogP contribution in [0, 0.1) is 0 Å². The van der Waals surface area contributed by atoms with Gasteiger partial charge >= 0.3 is 10.0 Å². The monoisotopic (exact) mass is 540 g/mol. The number of hydrogen-bond donors (Lipinski definition) is 0. The molecule has 0 aliphatic rings. The van der Waals surface area contributed by atoms with Gasteiger partial charge in [0, 0.05) is 11.1 Å². The first-order valence-electron chi connectivity index (χ1n) is 13.1. The first kappa shape index (κ1) is 27.0. The number of unbranched alkanes of at least 4 members (excludes halogenated alkanes) is 9. The normalized spacial score (nSPS) is 11.9.